The highest BCUT2D eigenvalue weighted by Crippen LogP contribution is 2.24. The minimum Gasteiger partial charge on any atom is -0.289 e. The van der Waals surface area contributed by atoms with Gasteiger partial charge in [0.05, 0.1) is 5.02 Å². The molecule has 1 aliphatic rings. The number of ketones is 1. The third-order valence-corrected chi connectivity index (χ3v) is 2.80. The van der Waals surface area contributed by atoms with Crippen LogP contribution < -0.4 is 0 Å². The van der Waals surface area contributed by atoms with Gasteiger partial charge in [0, 0.05) is 5.56 Å². The van der Waals surface area contributed by atoms with E-state index in [1.165, 1.54) is 18.2 Å². The molecule has 1 nitrogen and oxygen atoms in total. The van der Waals surface area contributed by atoms with Gasteiger partial charge in [0.1, 0.15) is 5.82 Å². The van der Waals surface area contributed by atoms with Crippen LogP contribution in [0.2, 0.25) is 5.02 Å². The van der Waals surface area contributed by atoms with E-state index in [0.717, 1.165) is 24.8 Å². The molecule has 0 saturated heterocycles. The minimum atomic E-state index is -0.492. The van der Waals surface area contributed by atoms with Gasteiger partial charge in [-0.05, 0) is 43.0 Å². The molecule has 0 aliphatic heterocycles. The first-order valence-electron chi connectivity index (χ1n) is 4.87. The SMILES string of the molecule is O=C(C1=CCCC1)c1ccc(F)c(Cl)c1. The predicted octanol–water partition coefficient (Wildman–Crippen LogP) is 3.77. The maximum atomic E-state index is 12.9. The third kappa shape index (κ3) is 2.10. The minimum absolute atomic E-state index is 0.000512. The molecule has 0 spiro atoms. The van der Waals surface area contributed by atoms with Gasteiger partial charge in [0.25, 0.3) is 0 Å². The van der Waals surface area contributed by atoms with E-state index in [4.69, 9.17) is 11.6 Å². The van der Waals surface area contributed by atoms with Gasteiger partial charge in [0.2, 0.25) is 0 Å². The highest BCUT2D eigenvalue weighted by Gasteiger charge is 2.16. The van der Waals surface area contributed by atoms with Crippen LogP contribution in [0.1, 0.15) is 29.6 Å². The summed E-state index contributed by atoms with van der Waals surface area (Å²) in [6, 6.07) is 4.09. The summed E-state index contributed by atoms with van der Waals surface area (Å²) < 4.78 is 12.9. The van der Waals surface area contributed by atoms with Crippen LogP contribution in [0.3, 0.4) is 0 Å². The zero-order chi connectivity index (χ0) is 10.8. The van der Waals surface area contributed by atoms with Crippen LogP contribution in [-0.4, -0.2) is 5.78 Å². The highest BCUT2D eigenvalue weighted by molar-refractivity contribution is 6.31. The molecule has 3 heteroatoms. The topological polar surface area (TPSA) is 17.1 Å². The average Bonchev–Trinajstić information content (AvgIpc) is 2.74. The largest absolute Gasteiger partial charge is 0.289 e. The zero-order valence-corrected chi connectivity index (χ0v) is 8.85. The van der Waals surface area contributed by atoms with E-state index in [-0.39, 0.29) is 10.8 Å². The summed E-state index contributed by atoms with van der Waals surface area (Å²) in [5, 5.41) is -0.000512. The molecular formula is C12H10ClFO. The van der Waals surface area contributed by atoms with Crippen molar-refractivity contribution >= 4 is 17.4 Å². The first-order valence-corrected chi connectivity index (χ1v) is 5.25. The van der Waals surface area contributed by atoms with E-state index < -0.39 is 5.82 Å². The van der Waals surface area contributed by atoms with Crippen LogP contribution in [-0.2, 0) is 0 Å². The Balaban J connectivity index is 2.29. The Labute approximate surface area is 92.6 Å². The number of hydrogen-bond acceptors (Lipinski definition) is 1. The summed E-state index contributed by atoms with van der Waals surface area (Å²) in [5.74, 6) is -0.525. The molecule has 0 heterocycles. The highest BCUT2D eigenvalue weighted by atomic mass is 35.5. The van der Waals surface area contributed by atoms with E-state index in [2.05, 4.69) is 0 Å². The molecule has 1 aromatic carbocycles. The van der Waals surface area contributed by atoms with E-state index >= 15 is 0 Å². The number of hydrogen-bond donors (Lipinski definition) is 0. The predicted molar refractivity (Wildman–Crippen MR) is 57.7 cm³/mol. The molecule has 0 N–H and O–H groups in total. The quantitative estimate of drug-likeness (QED) is 0.699. The summed E-state index contributed by atoms with van der Waals surface area (Å²) in [4.78, 5) is 11.9. The van der Waals surface area contributed by atoms with Gasteiger partial charge < -0.3 is 0 Å². The number of carbonyl (C=O) groups is 1. The second-order valence-electron chi connectivity index (χ2n) is 3.58. The van der Waals surface area contributed by atoms with Gasteiger partial charge >= 0.3 is 0 Å². The Kier molecular flexibility index (Phi) is 2.87. The number of benzene rings is 1. The molecule has 15 heavy (non-hydrogen) atoms. The van der Waals surface area contributed by atoms with Crippen molar-refractivity contribution < 1.29 is 9.18 Å². The Morgan fingerprint density at radius 1 is 1.40 bits per heavy atom. The molecule has 2 rings (SSSR count). The van der Waals surface area contributed by atoms with Crippen LogP contribution in [0.25, 0.3) is 0 Å². The first-order chi connectivity index (χ1) is 7.18. The van der Waals surface area contributed by atoms with Crippen molar-refractivity contribution in [2.45, 2.75) is 19.3 Å². The Hall–Kier alpha value is -1.15. The Bertz CT molecular complexity index is 437. The summed E-state index contributed by atoms with van der Waals surface area (Å²) in [5.41, 5.74) is 1.28. The van der Waals surface area contributed by atoms with Gasteiger partial charge in [-0.2, -0.15) is 0 Å². The van der Waals surface area contributed by atoms with Gasteiger partial charge in [-0.3, -0.25) is 4.79 Å². The zero-order valence-electron chi connectivity index (χ0n) is 8.09. The average molecular weight is 225 g/mol. The van der Waals surface area contributed by atoms with Crippen LogP contribution in [0.15, 0.2) is 29.8 Å². The summed E-state index contributed by atoms with van der Waals surface area (Å²) in [7, 11) is 0. The van der Waals surface area contributed by atoms with Crippen molar-refractivity contribution in [1.29, 1.82) is 0 Å². The number of Topliss-reactive ketones (excluding diaryl/α,β-unsaturated/α-hetero) is 1. The number of halogens is 2. The van der Waals surface area contributed by atoms with Crippen molar-refractivity contribution in [3.8, 4) is 0 Å². The standard InChI is InChI=1S/C12H10ClFO/c13-10-7-9(5-6-11(10)14)12(15)8-3-1-2-4-8/h3,5-7H,1-2,4H2. The van der Waals surface area contributed by atoms with Gasteiger partial charge in [-0.15, -0.1) is 0 Å². The lowest BCUT2D eigenvalue weighted by molar-refractivity contribution is 0.103. The molecule has 0 fully saturated rings. The number of rotatable bonds is 2. The monoisotopic (exact) mass is 224 g/mol. The van der Waals surface area contributed by atoms with Gasteiger partial charge in [-0.25, -0.2) is 4.39 Å². The van der Waals surface area contributed by atoms with Crippen LogP contribution in [0, 0.1) is 5.82 Å². The molecule has 0 aromatic heterocycles. The normalized spacial score (nSPS) is 15.2. The Morgan fingerprint density at radius 3 is 2.80 bits per heavy atom. The van der Waals surface area contributed by atoms with Crippen molar-refractivity contribution in [1.82, 2.24) is 0 Å². The van der Waals surface area contributed by atoms with E-state index in [0.29, 0.717) is 5.56 Å². The van der Waals surface area contributed by atoms with E-state index in [1.807, 2.05) is 6.08 Å². The molecule has 0 bridgehead atoms. The number of allylic oxidation sites excluding steroid dienone is 2. The molecule has 0 amide bonds. The van der Waals surface area contributed by atoms with Crippen LogP contribution >= 0.6 is 11.6 Å². The fourth-order valence-electron chi connectivity index (χ4n) is 1.70. The maximum Gasteiger partial charge on any atom is 0.188 e. The van der Waals surface area contributed by atoms with Gasteiger partial charge in [0.15, 0.2) is 5.78 Å². The lowest BCUT2D eigenvalue weighted by Gasteiger charge is -2.02. The second kappa shape index (κ2) is 4.15. The van der Waals surface area contributed by atoms with Crippen molar-refractivity contribution in [2.75, 3.05) is 0 Å². The molecule has 1 aromatic rings. The maximum absolute atomic E-state index is 12.9. The van der Waals surface area contributed by atoms with Crippen molar-refractivity contribution in [2.24, 2.45) is 0 Å². The summed E-state index contributed by atoms with van der Waals surface area (Å²) in [6.07, 6.45) is 4.74. The van der Waals surface area contributed by atoms with Crippen molar-refractivity contribution in [3.63, 3.8) is 0 Å². The molecular weight excluding hydrogens is 215 g/mol. The fourth-order valence-corrected chi connectivity index (χ4v) is 1.88. The van der Waals surface area contributed by atoms with Crippen molar-refractivity contribution in [3.05, 3.63) is 46.3 Å². The van der Waals surface area contributed by atoms with E-state index in [9.17, 15) is 9.18 Å². The molecule has 0 radical (unpaired) electrons. The first kappa shape index (κ1) is 10.4. The van der Waals surface area contributed by atoms with Crippen LogP contribution in [0.5, 0.6) is 0 Å². The molecule has 0 saturated carbocycles. The second-order valence-corrected chi connectivity index (χ2v) is 3.99. The smallest absolute Gasteiger partial charge is 0.188 e. The summed E-state index contributed by atoms with van der Waals surface area (Å²) in [6.45, 7) is 0. The molecule has 0 unspecified atom stereocenters. The van der Waals surface area contributed by atoms with E-state index in [1.54, 1.807) is 0 Å². The third-order valence-electron chi connectivity index (χ3n) is 2.51. The van der Waals surface area contributed by atoms with Gasteiger partial charge in [-0.1, -0.05) is 17.7 Å². The molecule has 0 atom stereocenters. The lowest BCUT2D eigenvalue weighted by Crippen LogP contribution is -2.01. The lowest BCUT2D eigenvalue weighted by atomic mass is 10.0. The molecule has 1 aliphatic carbocycles. The summed E-state index contributed by atoms with van der Waals surface area (Å²) >= 11 is 5.62. The molecule has 78 valence electrons. The fraction of sp³-hybridized carbons (Fsp3) is 0.250. The number of carbonyl (C=O) groups excluding carboxylic acids is 1. The Morgan fingerprint density at radius 2 is 2.20 bits per heavy atom. The van der Waals surface area contributed by atoms with Crippen LogP contribution in [0.4, 0.5) is 4.39 Å².